The Kier molecular flexibility index (Phi) is 4.64. The lowest BCUT2D eigenvalue weighted by molar-refractivity contribution is 0.251. The molecule has 0 radical (unpaired) electrons. The first kappa shape index (κ1) is 16.2. The number of nitrogens with zero attached hydrogens (tertiary/aromatic N) is 2. The molecule has 1 aromatic heterocycles. The topological polar surface area (TPSA) is 76.0 Å². The average molecular weight is 326 g/mol. The molecule has 126 valence electrons. The van der Waals surface area contributed by atoms with Crippen LogP contribution in [0.15, 0.2) is 35.1 Å². The predicted octanol–water partition coefficient (Wildman–Crippen LogP) is 2.56. The van der Waals surface area contributed by atoms with E-state index in [1.54, 1.807) is 12.1 Å². The van der Waals surface area contributed by atoms with Gasteiger partial charge in [0.2, 0.25) is 0 Å². The minimum atomic E-state index is -0.287. The number of benzene rings is 1. The zero-order valence-corrected chi connectivity index (χ0v) is 14.0. The van der Waals surface area contributed by atoms with Crippen LogP contribution in [0.25, 0.3) is 0 Å². The van der Waals surface area contributed by atoms with Crippen molar-refractivity contribution in [3.05, 3.63) is 57.5 Å². The maximum Gasteiger partial charge on any atom is 0.319 e. The summed E-state index contributed by atoms with van der Waals surface area (Å²) in [5.41, 5.74) is 3.88. The summed E-state index contributed by atoms with van der Waals surface area (Å²) < 4.78 is 1.42. The largest absolute Gasteiger partial charge is 0.336 e. The number of carbonyl (C=O) groups is 1. The molecule has 1 saturated carbocycles. The Hall–Kier alpha value is -2.63. The van der Waals surface area contributed by atoms with Gasteiger partial charge >= 0.3 is 6.03 Å². The van der Waals surface area contributed by atoms with Crippen molar-refractivity contribution in [1.29, 1.82) is 0 Å². The number of rotatable bonds is 5. The van der Waals surface area contributed by atoms with Gasteiger partial charge < -0.3 is 10.6 Å². The number of anilines is 1. The quantitative estimate of drug-likeness (QED) is 0.886. The van der Waals surface area contributed by atoms with E-state index in [-0.39, 0.29) is 11.6 Å². The number of carbonyl (C=O) groups excluding carboxylic acids is 1. The van der Waals surface area contributed by atoms with Crippen LogP contribution in [0.4, 0.5) is 10.5 Å². The molecule has 24 heavy (non-hydrogen) atoms. The van der Waals surface area contributed by atoms with E-state index in [4.69, 9.17) is 0 Å². The van der Waals surface area contributed by atoms with Gasteiger partial charge in [-0.25, -0.2) is 9.48 Å². The fourth-order valence-corrected chi connectivity index (χ4v) is 2.49. The highest BCUT2D eigenvalue weighted by Gasteiger charge is 2.25. The molecule has 2 N–H and O–H groups in total. The Balaban J connectivity index is 1.52. The maximum atomic E-state index is 11.9. The van der Waals surface area contributed by atoms with Crippen molar-refractivity contribution < 1.29 is 4.79 Å². The Morgan fingerprint density at radius 3 is 2.71 bits per heavy atom. The van der Waals surface area contributed by atoms with E-state index in [1.807, 2.05) is 32.0 Å². The molecule has 0 unspecified atom stereocenters. The van der Waals surface area contributed by atoms with Gasteiger partial charge in [-0.1, -0.05) is 6.07 Å². The summed E-state index contributed by atoms with van der Waals surface area (Å²) in [4.78, 5) is 23.8. The second-order valence-electron chi connectivity index (χ2n) is 6.27. The fraction of sp³-hybridized carbons (Fsp3) is 0.389. The molecule has 1 aromatic carbocycles. The SMILES string of the molecule is Cc1ccc(NC(=O)NCCn2nc(C3CC3)ccc2=O)cc1C. The van der Waals surface area contributed by atoms with Gasteiger partial charge in [-0.05, 0) is 56.0 Å². The van der Waals surface area contributed by atoms with Crippen molar-refractivity contribution in [3.8, 4) is 0 Å². The summed E-state index contributed by atoms with van der Waals surface area (Å²) >= 11 is 0. The number of hydrogen-bond acceptors (Lipinski definition) is 3. The zero-order valence-electron chi connectivity index (χ0n) is 14.0. The zero-order chi connectivity index (χ0) is 17.1. The fourth-order valence-electron chi connectivity index (χ4n) is 2.49. The van der Waals surface area contributed by atoms with Crippen molar-refractivity contribution in [2.75, 3.05) is 11.9 Å². The van der Waals surface area contributed by atoms with Crippen LogP contribution in [-0.2, 0) is 6.54 Å². The van der Waals surface area contributed by atoms with Gasteiger partial charge in [0.25, 0.3) is 5.56 Å². The van der Waals surface area contributed by atoms with Crippen molar-refractivity contribution >= 4 is 11.7 Å². The molecule has 3 rings (SSSR count). The lowest BCUT2D eigenvalue weighted by Crippen LogP contribution is -2.34. The van der Waals surface area contributed by atoms with Crippen molar-refractivity contribution in [1.82, 2.24) is 15.1 Å². The maximum absolute atomic E-state index is 11.9. The van der Waals surface area contributed by atoms with Crippen LogP contribution in [0, 0.1) is 13.8 Å². The van der Waals surface area contributed by atoms with Gasteiger partial charge in [0.15, 0.2) is 0 Å². The molecular formula is C18H22N4O2. The molecule has 6 heteroatoms. The standard InChI is InChI=1S/C18H22N4O2/c1-12-3-6-15(11-13(12)2)20-18(24)19-9-10-22-17(23)8-7-16(21-22)14-4-5-14/h3,6-8,11,14H,4-5,9-10H2,1-2H3,(H2,19,20,24). The van der Waals surface area contributed by atoms with Gasteiger partial charge in [0.1, 0.15) is 0 Å². The highest BCUT2D eigenvalue weighted by Crippen LogP contribution is 2.38. The minimum Gasteiger partial charge on any atom is -0.336 e. The van der Waals surface area contributed by atoms with Crippen molar-refractivity contribution in [3.63, 3.8) is 0 Å². The first-order valence-corrected chi connectivity index (χ1v) is 8.23. The smallest absolute Gasteiger partial charge is 0.319 e. The third-order valence-corrected chi connectivity index (χ3v) is 4.26. The molecule has 1 aliphatic carbocycles. The van der Waals surface area contributed by atoms with Crippen LogP contribution in [0.2, 0.25) is 0 Å². The van der Waals surface area contributed by atoms with Gasteiger partial charge in [0, 0.05) is 24.2 Å². The normalized spacial score (nSPS) is 13.6. The van der Waals surface area contributed by atoms with Gasteiger partial charge in [-0.3, -0.25) is 4.79 Å². The molecule has 1 heterocycles. The van der Waals surface area contributed by atoms with E-state index in [0.717, 1.165) is 29.8 Å². The molecule has 2 aromatic rings. The molecule has 1 fully saturated rings. The molecular weight excluding hydrogens is 304 g/mol. The first-order chi connectivity index (χ1) is 11.5. The van der Waals surface area contributed by atoms with Crippen LogP contribution in [0.1, 0.15) is 35.6 Å². The Morgan fingerprint density at radius 1 is 1.21 bits per heavy atom. The van der Waals surface area contributed by atoms with Gasteiger partial charge in [-0.2, -0.15) is 5.10 Å². The number of amides is 2. The number of urea groups is 1. The lowest BCUT2D eigenvalue weighted by atomic mass is 10.1. The second-order valence-corrected chi connectivity index (χ2v) is 6.27. The minimum absolute atomic E-state index is 0.143. The van der Waals surface area contributed by atoms with E-state index < -0.39 is 0 Å². The molecule has 6 nitrogen and oxygen atoms in total. The molecule has 0 spiro atoms. The molecule has 0 saturated heterocycles. The van der Waals surface area contributed by atoms with E-state index in [2.05, 4.69) is 15.7 Å². The summed E-state index contributed by atoms with van der Waals surface area (Å²) in [5, 5.41) is 9.92. The number of aryl methyl sites for hydroxylation is 2. The number of nitrogens with one attached hydrogen (secondary N) is 2. The lowest BCUT2D eigenvalue weighted by Gasteiger charge is -2.10. The van der Waals surface area contributed by atoms with E-state index >= 15 is 0 Å². The summed E-state index contributed by atoms with van der Waals surface area (Å²) in [6, 6.07) is 8.83. The molecule has 0 atom stereocenters. The first-order valence-electron chi connectivity index (χ1n) is 8.23. The summed E-state index contributed by atoms with van der Waals surface area (Å²) in [6.45, 7) is 4.74. The van der Waals surface area contributed by atoms with E-state index in [1.165, 1.54) is 10.2 Å². The molecule has 1 aliphatic rings. The van der Waals surface area contributed by atoms with Crippen LogP contribution in [0.5, 0.6) is 0 Å². The molecule has 0 aliphatic heterocycles. The Labute approximate surface area is 140 Å². The van der Waals surface area contributed by atoms with Gasteiger partial charge in [0.05, 0.1) is 12.2 Å². The predicted molar refractivity (Wildman–Crippen MR) is 93.4 cm³/mol. The van der Waals surface area contributed by atoms with Crippen molar-refractivity contribution in [2.24, 2.45) is 0 Å². The van der Waals surface area contributed by atoms with Gasteiger partial charge in [-0.15, -0.1) is 0 Å². The van der Waals surface area contributed by atoms with Crippen LogP contribution in [0.3, 0.4) is 0 Å². The summed E-state index contributed by atoms with van der Waals surface area (Å²) in [6.07, 6.45) is 2.28. The highest BCUT2D eigenvalue weighted by atomic mass is 16.2. The van der Waals surface area contributed by atoms with Crippen LogP contribution >= 0.6 is 0 Å². The highest BCUT2D eigenvalue weighted by molar-refractivity contribution is 5.89. The van der Waals surface area contributed by atoms with Crippen LogP contribution < -0.4 is 16.2 Å². The molecule has 2 amide bonds. The summed E-state index contributed by atoms with van der Waals surface area (Å²) in [5.74, 6) is 0.498. The second kappa shape index (κ2) is 6.86. The third-order valence-electron chi connectivity index (χ3n) is 4.26. The van der Waals surface area contributed by atoms with Crippen molar-refractivity contribution in [2.45, 2.75) is 39.2 Å². The third kappa shape index (κ3) is 4.01. The van der Waals surface area contributed by atoms with E-state index in [9.17, 15) is 9.59 Å². The molecule has 0 bridgehead atoms. The average Bonchev–Trinajstić information content (AvgIpc) is 3.38. The Bertz CT molecular complexity index is 809. The van der Waals surface area contributed by atoms with E-state index in [0.29, 0.717) is 19.0 Å². The number of hydrogen-bond donors (Lipinski definition) is 2. The Morgan fingerprint density at radius 2 is 2.00 bits per heavy atom. The van der Waals surface area contributed by atoms with Crippen LogP contribution in [-0.4, -0.2) is 22.4 Å². The monoisotopic (exact) mass is 326 g/mol. The number of aromatic nitrogens is 2. The summed E-state index contributed by atoms with van der Waals surface area (Å²) in [7, 11) is 0.